The third kappa shape index (κ3) is 1.05. The highest BCUT2D eigenvalue weighted by atomic mass is 16.6. The average molecular weight is 222 g/mol. The van der Waals surface area contributed by atoms with E-state index in [9.17, 15) is 9.90 Å². The largest absolute Gasteiger partial charge is 0.458 e. The van der Waals surface area contributed by atoms with Gasteiger partial charge in [0.15, 0.2) is 0 Å². The Hall–Kier alpha value is -0.830. The van der Waals surface area contributed by atoms with Gasteiger partial charge in [-0.25, -0.2) is 0 Å². The van der Waals surface area contributed by atoms with Crippen LogP contribution in [-0.4, -0.2) is 22.8 Å². The van der Waals surface area contributed by atoms with Crippen molar-refractivity contribution in [3.05, 3.63) is 11.6 Å². The molecule has 3 heteroatoms. The van der Waals surface area contributed by atoms with Crippen LogP contribution in [0.5, 0.6) is 0 Å². The molecule has 1 N–H and O–H groups in total. The molecule has 1 saturated heterocycles. The van der Waals surface area contributed by atoms with Gasteiger partial charge in [-0.05, 0) is 24.8 Å². The highest BCUT2D eigenvalue weighted by molar-refractivity contribution is 5.74. The third-order valence-corrected chi connectivity index (χ3v) is 4.65. The first-order chi connectivity index (χ1) is 7.45. The van der Waals surface area contributed by atoms with Crippen molar-refractivity contribution >= 4 is 5.97 Å². The summed E-state index contributed by atoms with van der Waals surface area (Å²) in [6, 6.07) is 0. The number of hydrogen-bond donors (Lipinski definition) is 1. The minimum Gasteiger partial charge on any atom is -0.458 e. The smallest absolute Gasteiger partial charge is 0.306 e. The van der Waals surface area contributed by atoms with Crippen LogP contribution in [0.15, 0.2) is 11.6 Å². The maximum Gasteiger partial charge on any atom is 0.306 e. The van der Waals surface area contributed by atoms with Gasteiger partial charge in [0, 0.05) is 11.3 Å². The Balaban J connectivity index is 2.06. The van der Waals surface area contributed by atoms with Crippen LogP contribution in [0.3, 0.4) is 0 Å². The molecule has 0 spiro atoms. The number of esters is 1. The van der Waals surface area contributed by atoms with E-state index in [1.807, 2.05) is 0 Å². The lowest BCUT2D eigenvalue weighted by Crippen LogP contribution is -2.55. The van der Waals surface area contributed by atoms with Gasteiger partial charge in [-0.15, -0.1) is 0 Å². The molecule has 0 aromatic carbocycles. The first-order valence-electron chi connectivity index (χ1n) is 6.08. The molecule has 16 heavy (non-hydrogen) atoms. The lowest BCUT2D eigenvalue weighted by Gasteiger charge is -2.48. The predicted molar refractivity (Wildman–Crippen MR) is 58.7 cm³/mol. The van der Waals surface area contributed by atoms with Gasteiger partial charge in [0.05, 0.1) is 6.42 Å². The highest BCUT2D eigenvalue weighted by Gasteiger charge is 2.62. The number of rotatable bonds is 0. The molecule has 1 heterocycles. The van der Waals surface area contributed by atoms with Crippen molar-refractivity contribution in [1.29, 1.82) is 0 Å². The van der Waals surface area contributed by atoms with Crippen LogP contribution in [0.1, 0.15) is 39.5 Å². The topological polar surface area (TPSA) is 46.5 Å². The second-order valence-corrected chi connectivity index (χ2v) is 5.97. The van der Waals surface area contributed by atoms with Crippen molar-refractivity contribution in [2.24, 2.45) is 11.3 Å². The maximum atomic E-state index is 11.3. The molecule has 0 unspecified atom stereocenters. The molecule has 1 saturated carbocycles. The predicted octanol–water partition coefficient (Wildman–Crippen LogP) is 1.80. The summed E-state index contributed by atoms with van der Waals surface area (Å²) in [5, 5.41) is 11.0. The van der Waals surface area contributed by atoms with Crippen molar-refractivity contribution in [3.63, 3.8) is 0 Å². The Morgan fingerprint density at radius 1 is 1.50 bits per heavy atom. The Bertz CT molecular complexity index is 383. The second-order valence-electron chi connectivity index (χ2n) is 5.97. The fourth-order valence-corrected chi connectivity index (χ4v) is 3.69. The normalized spacial score (nSPS) is 44.7. The molecule has 2 aliphatic carbocycles. The first kappa shape index (κ1) is 10.3. The van der Waals surface area contributed by atoms with Crippen LogP contribution in [0.4, 0.5) is 0 Å². The number of carbonyl (C=O) groups is 1. The summed E-state index contributed by atoms with van der Waals surface area (Å²) in [6.45, 7) is 4.16. The summed E-state index contributed by atoms with van der Waals surface area (Å²) in [7, 11) is 0. The molecule has 0 aromatic rings. The van der Waals surface area contributed by atoms with Gasteiger partial charge >= 0.3 is 5.97 Å². The van der Waals surface area contributed by atoms with E-state index in [0.29, 0.717) is 6.42 Å². The number of hydrogen-bond acceptors (Lipinski definition) is 3. The second kappa shape index (κ2) is 2.89. The van der Waals surface area contributed by atoms with Gasteiger partial charge in [-0.1, -0.05) is 19.9 Å². The van der Waals surface area contributed by atoms with E-state index in [-0.39, 0.29) is 23.4 Å². The van der Waals surface area contributed by atoms with Crippen molar-refractivity contribution in [2.75, 3.05) is 0 Å². The van der Waals surface area contributed by atoms with E-state index < -0.39 is 5.60 Å². The molecule has 3 rings (SSSR count). The summed E-state index contributed by atoms with van der Waals surface area (Å²) < 4.78 is 5.35. The summed E-state index contributed by atoms with van der Waals surface area (Å²) in [4.78, 5) is 11.3. The van der Waals surface area contributed by atoms with Crippen molar-refractivity contribution < 1.29 is 14.6 Å². The van der Waals surface area contributed by atoms with Crippen LogP contribution in [-0.2, 0) is 9.53 Å². The van der Waals surface area contributed by atoms with Gasteiger partial charge in [0.25, 0.3) is 0 Å². The number of aliphatic hydroxyl groups is 1. The Labute approximate surface area is 95.5 Å². The van der Waals surface area contributed by atoms with Crippen LogP contribution in [0, 0.1) is 11.3 Å². The third-order valence-electron chi connectivity index (χ3n) is 4.65. The minimum absolute atomic E-state index is 0.102. The van der Waals surface area contributed by atoms with E-state index >= 15 is 0 Å². The number of ether oxygens (including phenoxy) is 1. The van der Waals surface area contributed by atoms with Crippen LogP contribution in [0.25, 0.3) is 0 Å². The molecule has 0 amide bonds. The van der Waals surface area contributed by atoms with E-state index in [2.05, 4.69) is 19.9 Å². The molecule has 2 fully saturated rings. The Morgan fingerprint density at radius 3 is 3.00 bits per heavy atom. The SMILES string of the molecule is CC1(C)CCCC2=C[C@@H]3CC(=O)O[C@H]3[C@]21O. The van der Waals surface area contributed by atoms with Gasteiger partial charge in [0.2, 0.25) is 0 Å². The summed E-state index contributed by atoms with van der Waals surface area (Å²) in [5.41, 5.74) is -0.00493. The lowest BCUT2D eigenvalue weighted by molar-refractivity contribution is -0.165. The molecule has 0 radical (unpaired) electrons. The highest BCUT2D eigenvalue weighted by Crippen LogP contribution is 2.56. The molecule has 3 nitrogen and oxygen atoms in total. The van der Waals surface area contributed by atoms with Gasteiger partial charge < -0.3 is 9.84 Å². The van der Waals surface area contributed by atoms with Crippen molar-refractivity contribution in [3.8, 4) is 0 Å². The Morgan fingerprint density at radius 2 is 2.25 bits per heavy atom. The van der Waals surface area contributed by atoms with E-state index in [4.69, 9.17) is 4.74 Å². The number of fused-ring (bicyclic) bond motifs is 3. The van der Waals surface area contributed by atoms with Crippen LogP contribution in [0.2, 0.25) is 0 Å². The molecular formula is C13H18O3. The zero-order valence-corrected chi connectivity index (χ0v) is 9.82. The summed E-state index contributed by atoms with van der Waals surface area (Å²) in [5.74, 6) is -0.0648. The van der Waals surface area contributed by atoms with Crippen molar-refractivity contribution in [2.45, 2.75) is 51.2 Å². The van der Waals surface area contributed by atoms with Crippen LogP contribution < -0.4 is 0 Å². The molecule has 1 aliphatic heterocycles. The molecule has 0 aromatic heterocycles. The van der Waals surface area contributed by atoms with Gasteiger partial charge in [-0.2, -0.15) is 0 Å². The quantitative estimate of drug-likeness (QED) is 0.502. The average Bonchev–Trinajstić information content (AvgIpc) is 2.65. The van der Waals surface area contributed by atoms with E-state index in [1.54, 1.807) is 0 Å². The molecule has 88 valence electrons. The molecule has 3 atom stereocenters. The lowest BCUT2D eigenvalue weighted by atomic mass is 9.62. The summed E-state index contributed by atoms with van der Waals surface area (Å²) >= 11 is 0. The monoisotopic (exact) mass is 222 g/mol. The van der Waals surface area contributed by atoms with Crippen LogP contribution >= 0.6 is 0 Å². The minimum atomic E-state index is -0.915. The Kier molecular flexibility index (Phi) is 1.87. The fourth-order valence-electron chi connectivity index (χ4n) is 3.69. The van der Waals surface area contributed by atoms with Crippen molar-refractivity contribution in [1.82, 2.24) is 0 Å². The first-order valence-corrected chi connectivity index (χ1v) is 6.08. The summed E-state index contributed by atoms with van der Waals surface area (Å²) in [6.07, 6.45) is 5.26. The zero-order chi connectivity index (χ0) is 11.6. The molecular weight excluding hydrogens is 204 g/mol. The molecule has 3 aliphatic rings. The van der Waals surface area contributed by atoms with Gasteiger partial charge in [0.1, 0.15) is 11.7 Å². The molecule has 0 bridgehead atoms. The number of carbonyl (C=O) groups excluding carboxylic acids is 1. The maximum absolute atomic E-state index is 11.3. The zero-order valence-electron chi connectivity index (χ0n) is 9.82. The van der Waals surface area contributed by atoms with Gasteiger partial charge in [-0.3, -0.25) is 4.79 Å². The van der Waals surface area contributed by atoms with E-state index in [0.717, 1.165) is 24.8 Å². The fraction of sp³-hybridized carbons (Fsp3) is 0.769. The van der Waals surface area contributed by atoms with E-state index in [1.165, 1.54) is 0 Å². The standard InChI is InChI=1S/C13H18O3/c1-12(2)5-3-4-9-6-8-7-10(14)16-11(8)13(9,12)15/h6,8,11,15H,3-5,7H2,1-2H3/t8-,11-,13-/m1/s1.